The van der Waals surface area contributed by atoms with E-state index in [0.717, 1.165) is 123 Å². The van der Waals surface area contributed by atoms with Crippen molar-refractivity contribution in [2.75, 3.05) is 9.80 Å². The number of anilines is 6. The highest BCUT2D eigenvalue weighted by atomic mass is 19.1. The Balaban J connectivity index is 0.774. The zero-order valence-corrected chi connectivity index (χ0v) is 54.8. The van der Waals surface area contributed by atoms with Crippen LogP contribution in [0.2, 0.25) is 0 Å². The largest absolute Gasteiger partial charge is 0.457 e. The first-order chi connectivity index (χ1) is 48.9. The summed E-state index contributed by atoms with van der Waals surface area (Å²) in [5.74, 6) is 1.43. The molecule has 0 aromatic heterocycles. The molecule has 0 heterocycles. The summed E-state index contributed by atoms with van der Waals surface area (Å²) in [5, 5.41) is 0. The Hall–Kier alpha value is -12.5. The Labute approximate surface area is 579 Å². The van der Waals surface area contributed by atoms with Crippen LogP contribution in [0.1, 0.15) is 66.8 Å². The molecule has 0 fully saturated rings. The summed E-state index contributed by atoms with van der Waals surface area (Å²) in [4.78, 5) is 4.31. The molecule has 0 aliphatic heterocycles. The first-order valence-corrected chi connectivity index (χ1v) is 33.2. The van der Waals surface area contributed by atoms with E-state index >= 15 is 17.6 Å². The van der Waals surface area contributed by atoms with Gasteiger partial charge in [0.25, 0.3) is 0 Å². The fraction of sp³-hybridized carbons (Fsp3) is 0.0435. The van der Waals surface area contributed by atoms with Crippen molar-refractivity contribution in [3.05, 3.63) is 419 Å². The molecule has 0 N–H and O–H groups in total. The third-order valence-corrected chi connectivity index (χ3v) is 19.8. The minimum Gasteiger partial charge on any atom is -0.457 e. The maximum Gasteiger partial charge on any atom is 0.127 e. The fourth-order valence-electron chi connectivity index (χ4n) is 15.0. The molecule has 0 amide bonds. The van der Waals surface area contributed by atoms with E-state index in [-0.39, 0.29) is 23.3 Å². The van der Waals surface area contributed by atoms with E-state index in [0.29, 0.717) is 34.1 Å². The lowest BCUT2D eigenvalue weighted by molar-refractivity contribution is 0.482. The van der Waals surface area contributed by atoms with Gasteiger partial charge >= 0.3 is 0 Å². The zero-order chi connectivity index (χ0) is 68.2. The van der Waals surface area contributed by atoms with E-state index in [9.17, 15) is 0 Å². The van der Waals surface area contributed by atoms with Crippen LogP contribution in [0.25, 0.3) is 45.5 Å². The van der Waals surface area contributed by atoms with E-state index in [4.69, 9.17) is 9.47 Å². The fourth-order valence-corrected chi connectivity index (χ4v) is 15.0. The van der Waals surface area contributed by atoms with E-state index in [2.05, 4.69) is 181 Å². The summed E-state index contributed by atoms with van der Waals surface area (Å²) < 4.78 is 73.8. The van der Waals surface area contributed by atoms with Crippen molar-refractivity contribution in [3.8, 4) is 56.4 Å². The molecule has 14 aromatic rings. The lowest BCUT2D eigenvalue weighted by Gasteiger charge is -2.35. The van der Waals surface area contributed by atoms with Gasteiger partial charge < -0.3 is 19.3 Å². The van der Waals surface area contributed by atoms with Crippen molar-refractivity contribution in [1.29, 1.82) is 0 Å². The molecule has 0 saturated heterocycles. The number of hydrogen-bond donors (Lipinski definition) is 0. The SMILES string of the molecule is C=Cc1ccc(Oc2ccc(C3(c4ccc(F)cc4)c4ccccc4-c4ccc(N(c5ccc(-c6ccc(N(c7ccc(F)c(C)c7)c7ccc8c(c7)[C@@](c7ccc(F)cc7)(c7ccc(Oc9ccc(C=C)cc9)cc7)c7ccccc7-8)cc6)cc5)c5ccc(F)c(C)c5)cc43)cc2)cc1. The van der Waals surface area contributed by atoms with Crippen molar-refractivity contribution in [3.63, 3.8) is 0 Å². The summed E-state index contributed by atoms with van der Waals surface area (Å²) in [7, 11) is 0. The lowest BCUT2D eigenvalue weighted by atomic mass is 9.67. The Bertz CT molecular complexity index is 5100. The molecule has 0 saturated carbocycles. The number of nitrogens with zero attached hydrogens (tertiary/aromatic N) is 2. The third-order valence-electron chi connectivity index (χ3n) is 19.8. The van der Waals surface area contributed by atoms with Gasteiger partial charge in [-0.1, -0.05) is 183 Å². The normalized spacial score (nSPS) is 14.7. The van der Waals surface area contributed by atoms with Crippen LogP contribution in [-0.4, -0.2) is 0 Å². The molecular weight excluding hydrogens is 1240 g/mol. The second-order valence-corrected chi connectivity index (χ2v) is 25.5. The lowest BCUT2D eigenvalue weighted by Crippen LogP contribution is -2.29. The average Bonchev–Trinajstić information content (AvgIpc) is 1.53. The summed E-state index contributed by atoms with van der Waals surface area (Å²) >= 11 is 0. The van der Waals surface area contributed by atoms with Gasteiger partial charge in [-0.15, -0.1) is 0 Å². The van der Waals surface area contributed by atoms with Gasteiger partial charge in [0.05, 0.1) is 10.8 Å². The van der Waals surface area contributed by atoms with Crippen LogP contribution in [0.3, 0.4) is 0 Å². The molecule has 482 valence electrons. The molecule has 0 spiro atoms. The van der Waals surface area contributed by atoms with Gasteiger partial charge in [0.15, 0.2) is 0 Å². The molecule has 14 aromatic carbocycles. The van der Waals surface area contributed by atoms with Gasteiger partial charge in [-0.25, -0.2) is 17.6 Å². The second kappa shape index (κ2) is 25.5. The molecule has 2 aliphatic carbocycles. The zero-order valence-electron chi connectivity index (χ0n) is 54.8. The monoisotopic (exact) mass is 1300 g/mol. The Morgan fingerprint density at radius 2 is 0.580 bits per heavy atom. The highest BCUT2D eigenvalue weighted by Gasteiger charge is 2.48. The minimum atomic E-state index is -0.907. The molecule has 1 unspecified atom stereocenters. The summed E-state index contributed by atoms with van der Waals surface area (Å²) in [6, 6.07) is 102. The predicted molar refractivity (Wildman–Crippen MR) is 398 cm³/mol. The Morgan fingerprint density at radius 1 is 0.290 bits per heavy atom. The maximum absolute atomic E-state index is 15.4. The quantitative estimate of drug-likeness (QED) is 0.0849. The van der Waals surface area contributed by atoms with E-state index in [1.54, 1.807) is 26.0 Å². The third kappa shape index (κ3) is 10.8. The van der Waals surface area contributed by atoms with E-state index in [1.807, 2.05) is 121 Å². The topological polar surface area (TPSA) is 24.9 Å². The van der Waals surface area contributed by atoms with Crippen molar-refractivity contribution in [2.24, 2.45) is 0 Å². The van der Waals surface area contributed by atoms with Gasteiger partial charge in [0.2, 0.25) is 0 Å². The van der Waals surface area contributed by atoms with Crippen LogP contribution in [0.15, 0.2) is 329 Å². The number of rotatable bonds is 17. The number of fused-ring (bicyclic) bond motifs is 6. The number of halogens is 4. The highest BCUT2D eigenvalue weighted by Crippen LogP contribution is 2.60. The van der Waals surface area contributed by atoms with E-state index in [1.165, 1.54) is 36.4 Å². The molecule has 16 rings (SSSR count). The smallest absolute Gasteiger partial charge is 0.127 e. The van der Waals surface area contributed by atoms with Gasteiger partial charge in [-0.2, -0.15) is 0 Å². The molecule has 0 bridgehead atoms. The van der Waals surface area contributed by atoms with Gasteiger partial charge in [-0.3, -0.25) is 0 Å². The summed E-state index contributed by atoms with van der Waals surface area (Å²) in [6.07, 6.45) is 3.59. The maximum atomic E-state index is 15.4. The second-order valence-electron chi connectivity index (χ2n) is 25.5. The number of hydrogen-bond acceptors (Lipinski definition) is 4. The molecule has 0 radical (unpaired) electrons. The van der Waals surface area contributed by atoms with Crippen LogP contribution in [0.5, 0.6) is 23.0 Å². The van der Waals surface area contributed by atoms with Gasteiger partial charge in [-0.05, 0) is 272 Å². The van der Waals surface area contributed by atoms with Crippen LogP contribution < -0.4 is 19.3 Å². The molecule has 2 aliphatic rings. The molecule has 4 nitrogen and oxygen atoms in total. The van der Waals surface area contributed by atoms with Gasteiger partial charge in [0.1, 0.15) is 46.3 Å². The number of ether oxygens (including phenoxy) is 2. The first-order valence-electron chi connectivity index (χ1n) is 33.2. The Morgan fingerprint density at radius 3 is 0.920 bits per heavy atom. The molecule has 100 heavy (non-hydrogen) atoms. The average molecular weight is 1310 g/mol. The summed E-state index contributed by atoms with van der Waals surface area (Å²) in [5.41, 5.74) is 19.9. The van der Waals surface area contributed by atoms with Crippen molar-refractivity contribution in [1.82, 2.24) is 0 Å². The van der Waals surface area contributed by atoms with Crippen LogP contribution in [-0.2, 0) is 10.8 Å². The standard InChI is InChI=1S/C92H64F4N2O2/c1-5-61-15-43-77(44-16-61)99-79-47-27-67(28-48-79)91(65-23-31-69(93)32-24-65)85-13-9-7-11-81(85)83-51-39-75(57-87(83)91)97(73-41-53-89(95)59(3)55-73)71-35-19-63(20-36-71)64-21-37-72(38-22-64)98(74-42-54-90(96)60(4)56-74)76-40-52-84-82-12-8-10-14-86(82)92(88(84)58-76,66-25-33-70(94)34-26-66)68-29-49-80(50-30-68)100-78-45-17-62(6-2)18-46-78/h5-58H,1-2H2,3-4H3/t91-,92?/m0/s1. The highest BCUT2D eigenvalue weighted by molar-refractivity contribution is 5.92. The molecular formula is C92H64F4N2O2. The molecule has 8 heteroatoms. The Kier molecular flexibility index (Phi) is 15.9. The minimum absolute atomic E-state index is 0.309. The van der Waals surface area contributed by atoms with Crippen LogP contribution in [0, 0.1) is 37.1 Å². The number of benzene rings is 14. The molecule has 2 atom stereocenters. The van der Waals surface area contributed by atoms with Crippen LogP contribution in [0.4, 0.5) is 51.7 Å². The van der Waals surface area contributed by atoms with Crippen molar-refractivity contribution < 1.29 is 27.0 Å². The van der Waals surface area contributed by atoms with E-state index < -0.39 is 10.8 Å². The van der Waals surface area contributed by atoms with Crippen LogP contribution >= 0.6 is 0 Å². The predicted octanol–water partition coefficient (Wildman–Crippen LogP) is 25.1. The number of aryl methyl sites for hydroxylation is 2. The van der Waals surface area contributed by atoms with Crippen molar-refractivity contribution >= 4 is 46.3 Å². The first kappa shape index (κ1) is 62.3. The summed E-state index contributed by atoms with van der Waals surface area (Å²) in [6.45, 7) is 11.3. The van der Waals surface area contributed by atoms with Crippen molar-refractivity contribution in [2.45, 2.75) is 24.7 Å². The van der Waals surface area contributed by atoms with Gasteiger partial charge in [0, 0.05) is 34.1 Å².